The van der Waals surface area contributed by atoms with Crippen molar-refractivity contribution in [3.8, 4) is 0 Å². The van der Waals surface area contributed by atoms with Crippen LogP contribution in [0.5, 0.6) is 0 Å². The third-order valence-corrected chi connectivity index (χ3v) is 2.33. The summed E-state index contributed by atoms with van der Waals surface area (Å²) < 4.78 is 0. The average Bonchev–Trinajstić information content (AvgIpc) is 2.34. The molecule has 2 nitrogen and oxygen atoms in total. The molecule has 12 heavy (non-hydrogen) atoms. The summed E-state index contributed by atoms with van der Waals surface area (Å²) >= 11 is 0. The van der Waals surface area contributed by atoms with E-state index < -0.39 is 0 Å². The Morgan fingerprint density at radius 3 is 2.75 bits per heavy atom. The fourth-order valence-corrected chi connectivity index (χ4v) is 1.79. The minimum absolute atomic E-state index is 0.192. The zero-order valence-corrected chi connectivity index (χ0v) is 8.05. The average molecular weight is 167 g/mol. The van der Waals surface area contributed by atoms with Crippen LogP contribution in [0, 0.1) is 5.41 Å². The Kier molecular flexibility index (Phi) is 2.55. The first kappa shape index (κ1) is 9.30. The minimum Gasteiger partial charge on any atom is -0.352 e. The van der Waals surface area contributed by atoms with E-state index in [-0.39, 0.29) is 11.5 Å². The molecule has 0 radical (unpaired) electrons. The zero-order valence-electron chi connectivity index (χ0n) is 8.05. The van der Waals surface area contributed by atoms with Crippen LogP contribution < -0.4 is 5.32 Å². The van der Waals surface area contributed by atoms with Crippen molar-refractivity contribution in [3.05, 3.63) is 11.6 Å². The second-order valence-electron chi connectivity index (χ2n) is 4.32. The third kappa shape index (κ3) is 1.87. The van der Waals surface area contributed by atoms with E-state index in [9.17, 15) is 4.79 Å². The van der Waals surface area contributed by atoms with Crippen LogP contribution in [0.1, 0.15) is 33.6 Å². The van der Waals surface area contributed by atoms with Crippen molar-refractivity contribution in [3.63, 3.8) is 0 Å². The lowest BCUT2D eigenvalue weighted by Gasteiger charge is -2.26. The summed E-state index contributed by atoms with van der Waals surface area (Å²) in [6.07, 6.45) is 5.21. The van der Waals surface area contributed by atoms with E-state index in [1.807, 2.05) is 0 Å². The van der Waals surface area contributed by atoms with Gasteiger partial charge in [-0.2, -0.15) is 0 Å². The number of nitrogens with one attached hydrogen (secondary N) is 1. The predicted octanol–water partition coefficient (Wildman–Crippen LogP) is 1.87. The van der Waals surface area contributed by atoms with Gasteiger partial charge in [0.15, 0.2) is 0 Å². The van der Waals surface area contributed by atoms with Gasteiger partial charge in [-0.1, -0.05) is 26.8 Å². The fourth-order valence-electron chi connectivity index (χ4n) is 1.79. The third-order valence-electron chi connectivity index (χ3n) is 2.33. The van der Waals surface area contributed by atoms with Crippen LogP contribution in [0.3, 0.4) is 0 Å². The number of rotatable bonds is 2. The molecule has 0 bridgehead atoms. The van der Waals surface area contributed by atoms with Crippen LogP contribution in [0.2, 0.25) is 0 Å². The van der Waals surface area contributed by atoms with Crippen molar-refractivity contribution in [1.29, 1.82) is 0 Å². The van der Waals surface area contributed by atoms with Crippen LogP contribution in [-0.4, -0.2) is 12.5 Å². The molecule has 0 aromatic heterocycles. The normalized spacial score (nSPS) is 23.6. The first-order valence-corrected chi connectivity index (χ1v) is 4.46. The number of hydrogen-bond acceptors (Lipinski definition) is 1. The molecule has 1 rings (SSSR count). The Balaban J connectivity index is 2.69. The molecule has 0 saturated heterocycles. The smallest absolute Gasteiger partial charge is 0.207 e. The van der Waals surface area contributed by atoms with Crippen molar-refractivity contribution in [2.45, 2.75) is 39.7 Å². The van der Waals surface area contributed by atoms with Gasteiger partial charge in [0.25, 0.3) is 0 Å². The van der Waals surface area contributed by atoms with Crippen LogP contribution >= 0.6 is 0 Å². The first-order valence-electron chi connectivity index (χ1n) is 4.46. The van der Waals surface area contributed by atoms with Crippen LogP contribution in [-0.2, 0) is 4.79 Å². The number of allylic oxidation sites excluding steroid dienone is 1. The Labute approximate surface area is 74.0 Å². The fraction of sp³-hybridized carbons (Fsp3) is 0.700. The van der Waals surface area contributed by atoms with E-state index in [1.165, 1.54) is 5.57 Å². The summed E-state index contributed by atoms with van der Waals surface area (Å²) in [4.78, 5) is 10.3. The summed E-state index contributed by atoms with van der Waals surface area (Å²) in [5, 5.41) is 2.85. The van der Waals surface area contributed by atoms with Gasteiger partial charge in [-0.05, 0) is 23.8 Å². The Morgan fingerprint density at radius 1 is 1.58 bits per heavy atom. The lowest BCUT2D eigenvalue weighted by molar-refractivity contribution is -0.110. The summed E-state index contributed by atoms with van der Waals surface area (Å²) in [6.45, 7) is 6.55. The topological polar surface area (TPSA) is 29.1 Å². The largest absolute Gasteiger partial charge is 0.352 e. The molecule has 0 aromatic carbocycles. The first-order chi connectivity index (χ1) is 5.55. The van der Waals surface area contributed by atoms with Crippen LogP contribution in [0.4, 0.5) is 0 Å². The summed E-state index contributed by atoms with van der Waals surface area (Å²) in [6, 6.07) is 0.280. The quantitative estimate of drug-likeness (QED) is 0.493. The van der Waals surface area contributed by atoms with Gasteiger partial charge < -0.3 is 5.32 Å². The Morgan fingerprint density at radius 2 is 2.25 bits per heavy atom. The van der Waals surface area contributed by atoms with Crippen molar-refractivity contribution in [2.24, 2.45) is 5.41 Å². The monoisotopic (exact) mass is 167 g/mol. The molecule has 1 unspecified atom stereocenters. The Hall–Kier alpha value is -0.790. The van der Waals surface area contributed by atoms with Crippen molar-refractivity contribution in [1.82, 2.24) is 5.32 Å². The predicted molar refractivity (Wildman–Crippen MR) is 49.8 cm³/mol. The SMILES string of the molecule is CC(C)(C)C1=CCCC1NC=O. The van der Waals surface area contributed by atoms with E-state index in [0.29, 0.717) is 0 Å². The number of carbonyl (C=O) groups excluding carboxylic acids is 1. The molecule has 1 aliphatic rings. The van der Waals surface area contributed by atoms with E-state index >= 15 is 0 Å². The van der Waals surface area contributed by atoms with Crippen molar-refractivity contribution < 1.29 is 4.79 Å². The molecular weight excluding hydrogens is 150 g/mol. The molecule has 2 heteroatoms. The van der Waals surface area contributed by atoms with Gasteiger partial charge in [-0.3, -0.25) is 4.79 Å². The second kappa shape index (κ2) is 3.30. The molecule has 1 amide bonds. The highest BCUT2D eigenvalue weighted by molar-refractivity contribution is 5.49. The molecule has 1 aliphatic carbocycles. The Bertz CT molecular complexity index is 200. The molecule has 1 N–H and O–H groups in total. The molecule has 0 aliphatic heterocycles. The second-order valence-corrected chi connectivity index (χ2v) is 4.32. The van der Waals surface area contributed by atoms with Gasteiger partial charge in [0.05, 0.1) is 6.04 Å². The van der Waals surface area contributed by atoms with Gasteiger partial charge in [0.2, 0.25) is 6.41 Å². The highest BCUT2D eigenvalue weighted by Gasteiger charge is 2.27. The van der Waals surface area contributed by atoms with Gasteiger partial charge in [-0.15, -0.1) is 0 Å². The minimum atomic E-state index is 0.192. The lowest BCUT2D eigenvalue weighted by atomic mass is 9.84. The molecule has 0 fully saturated rings. The molecule has 68 valence electrons. The molecule has 0 spiro atoms. The lowest BCUT2D eigenvalue weighted by Crippen LogP contribution is -2.32. The maximum Gasteiger partial charge on any atom is 0.207 e. The maximum absolute atomic E-state index is 10.3. The number of amides is 1. The zero-order chi connectivity index (χ0) is 9.19. The summed E-state index contributed by atoms with van der Waals surface area (Å²) in [7, 11) is 0. The molecule has 0 saturated carbocycles. The van der Waals surface area contributed by atoms with Crippen molar-refractivity contribution >= 4 is 6.41 Å². The molecule has 1 atom stereocenters. The van der Waals surface area contributed by atoms with E-state index in [0.717, 1.165) is 19.3 Å². The summed E-state index contributed by atoms with van der Waals surface area (Å²) in [5.74, 6) is 0. The van der Waals surface area contributed by atoms with E-state index in [1.54, 1.807) is 0 Å². The summed E-state index contributed by atoms with van der Waals surface area (Å²) in [5.41, 5.74) is 1.56. The number of carbonyl (C=O) groups is 1. The standard InChI is InChI=1S/C10H17NO/c1-10(2,3)8-5-4-6-9(8)11-7-12/h5,7,9H,4,6H2,1-3H3,(H,11,12). The van der Waals surface area contributed by atoms with E-state index in [2.05, 4.69) is 32.2 Å². The van der Waals surface area contributed by atoms with Gasteiger partial charge in [-0.25, -0.2) is 0 Å². The number of hydrogen-bond donors (Lipinski definition) is 1. The highest BCUT2D eigenvalue weighted by Crippen LogP contribution is 2.34. The van der Waals surface area contributed by atoms with Gasteiger partial charge >= 0.3 is 0 Å². The van der Waals surface area contributed by atoms with Crippen LogP contribution in [0.15, 0.2) is 11.6 Å². The van der Waals surface area contributed by atoms with Gasteiger partial charge in [0, 0.05) is 0 Å². The molecular formula is C10H17NO. The van der Waals surface area contributed by atoms with Crippen LogP contribution in [0.25, 0.3) is 0 Å². The molecule has 0 heterocycles. The maximum atomic E-state index is 10.3. The highest BCUT2D eigenvalue weighted by atomic mass is 16.1. The molecule has 0 aromatic rings. The van der Waals surface area contributed by atoms with E-state index in [4.69, 9.17) is 0 Å². The van der Waals surface area contributed by atoms with Crippen molar-refractivity contribution in [2.75, 3.05) is 0 Å². The van der Waals surface area contributed by atoms with Gasteiger partial charge in [0.1, 0.15) is 0 Å².